The van der Waals surface area contributed by atoms with Crippen LogP contribution in [0.25, 0.3) is 0 Å². The highest BCUT2D eigenvalue weighted by atomic mass is 79.9. The van der Waals surface area contributed by atoms with Crippen molar-refractivity contribution in [3.8, 4) is 0 Å². The van der Waals surface area contributed by atoms with Gasteiger partial charge in [-0.3, -0.25) is 4.79 Å². The van der Waals surface area contributed by atoms with E-state index in [0.29, 0.717) is 11.0 Å². The van der Waals surface area contributed by atoms with E-state index in [0.717, 1.165) is 5.56 Å². The largest absolute Gasteiger partial charge is 0.370 e. The Morgan fingerprint density at radius 3 is 2.65 bits per heavy atom. The fraction of sp³-hybridized carbons (Fsp3) is 0.417. The standard InChI is InChI=1S/C12H16BrFN2O/c1-12(2,6-11(15)17)16-7-8-3-9(13)5-10(14)4-8/h3-5,16H,6-7H2,1-2H3,(H2,15,17). The maximum absolute atomic E-state index is 13.1. The second kappa shape index (κ2) is 5.60. The van der Waals surface area contributed by atoms with Gasteiger partial charge in [0.15, 0.2) is 0 Å². The van der Waals surface area contributed by atoms with E-state index in [1.54, 1.807) is 0 Å². The normalized spacial score (nSPS) is 11.5. The highest BCUT2D eigenvalue weighted by Gasteiger charge is 2.19. The van der Waals surface area contributed by atoms with Gasteiger partial charge in [0.05, 0.1) is 0 Å². The van der Waals surface area contributed by atoms with Crippen molar-refractivity contribution in [1.29, 1.82) is 0 Å². The summed E-state index contributed by atoms with van der Waals surface area (Å²) in [6.07, 6.45) is 0.240. The number of nitrogens with one attached hydrogen (secondary N) is 1. The number of hydrogen-bond acceptors (Lipinski definition) is 2. The molecule has 0 atom stereocenters. The van der Waals surface area contributed by atoms with Crippen LogP contribution in [0.4, 0.5) is 4.39 Å². The summed E-state index contributed by atoms with van der Waals surface area (Å²) in [5, 5.41) is 3.17. The zero-order valence-corrected chi connectivity index (χ0v) is 11.5. The molecule has 1 rings (SSSR count). The van der Waals surface area contributed by atoms with Crippen molar-refractivity contribution >= 4 is 21.8 Å². The van der Waals surface area contributed by atoms with Gasteiger partial charge in [-0.15, -0.1) is 0 Å². The summed E-state index contributed by atoms with van der Waals surface area (Å²) < 4.78 is 13.8. The molecule has 1 aromatic rings. The number of rotatable bonds is 5. The fourth-order valence-corrected chi connectivity index (χ4v) is 2.07. The van der Waals surface area contributed by atoms with Crippen LogP contribution in [-0.4, -0.2) is 11.4 Å². The van der Waals surface area contributed by atoms with Crippen LogP contribution in [0, 0.1) is 5.82 Å². The summed E-state index contributed by atoms with van der Waals surface area (Å²) >= 11 is 3.23. The van der Waals surface area contributed by atoms with Crippen LogP contribution in [0.5, 0.6) is 0 Å². The molecule has 0 saturated carbocycles. The molecular weight excluding hydrogens is 287 g/mol. The number of amides is 1. The lowest BCUT2D eigenvalue weighted by atomic mass is 10.00. The van der Waals surface area contributed by atoms with E-state index in [1.807, 2.05) is 19.9 Å². The van der Waals surface area contributed by atoms with Crippen LogP contribution in [0.15, 0.2) is 22.7 Å². The predicted octanol–water partition coefficient (Wildman–Crippen LogP) is 2.33. The lowest BCUT2D eigenvalue weighted by Gasteiger charge is -2.25. The van der Waals surface area contributed by atoms with Crippen molar-refractivity contribution in [3.63, 3.8) is 0 Å². The molecule has 3 nitrogen and oxygen atoms in total. The molecule has 0 radical (unpaired) electrons. The average molecular weight is 303 g/mol. The van der Waals surface area contributed by atoms with Gasteiger partial charge >= 0.3 is 0 Å². The van der Waals surface area contributed by atoms with Gasteiger partial charge in [-0.25, -0.2) is 4.39 Å². The minimum absolute atomic E-state index is 0.240. The van der Waals surface area contributed by atoms with Crippen LogP contribution < -0.4 is 11.1 Å². The monoisotopic (exact) mass is 302 g/mol. The van der Waals surface area contributed by atoms with Gasteiger partial charge in [-0.2, -0.15) is 0 Å². The summed E-state index contributed by atoms with van der Waals surface area (Å²) in [5.41, 5.74) is 5.57. The number of hydrogen-bond donors (Lipinski definition) is 2. The maximum Gasteiger partial charge on any atom is 0.219 e. The number of halogens is 2. The van der Waals surface area contributed by atoms with Gasteiger partial charge < -0.3 is 11.1 Å². The SMILES string of the molecule is CC(C)(CC(N)=O)NCc1cc(F)cc(Br)c1. The molecule has 0 bridgehead atoms. The third-order valence-corrected chi connectivity index (χ3v) is 2.77. The Labute approximate surface area is 109 Å². The lowest BCUT2D eigenvalue weighted by molar-refractivity contribution is -0.119. The van der Waals surface area contributed by atoms with E-state index in [9.17, 15) is 9.18 Å². The summed E-state index contributed by atoms with van der Waals surface area (Å²) in [5.74, 6) is -0.646. The summed E-state index contributed by atoms with van der Waals surface area (Å²) in [4.78, 5) is 10.8. The van der Waals surface area contributed by atoms with Crippen molar-refractivity contribution in [2.45, 2.75) is 32.4 Å². The number of carbonyl (C=O) groups is 1. The molecule has 0 spiro atoms. The first-order chi connectivity index (χ1) is 7.78. The Balaban J connectivity index is 2.63. The Morgan fingerprint density at radius 2 is 2.12 bits per heavy atom. The first kappa shape index (κ1) is 14.1. The van der Waals surface area contributed by atoms with Crippen LogP contribution in [0.1, 0.15) is 25.8 Å². The minimum atomic E-state index is -0.398. The molecule has 0 fully saturated rings. The summed E-state index contributed by atoms with van der Waals surface area (Å²) in [6, 6.07) is 4.69. The van der Waals surface area contributed by atoms with Gasteiger partial charge in [0.1, 0.15) is 5.82 Å². The van der Waals surface area contributed by atoms with Gasteiger partial charge in [0, 0.05) is 23.0 Å². The molecule has 3 N–H and O–H groups in total. The van der Waals surface area contributed by atoms with Gasteiger partial charge in [-0.1, -0.05) is 15.9 Å². The smallest absolute Gasteiger partial charge is 0.219 e. The van der Waals surface area contributed by atoms with Gasteiger partial charge in [-0.05, 0) is 37.6 Å². The molecule has 1 aromatic carbocycles. The van der Waals surface area contributed by atoms with E-state index >= 15 is 0 Å². The van der Waals surface area contributed by atoms with Crippen molar-refractivity contribution in [2.24, 2.45) is 5.73 Å². The van der Waals surface area contributed by atoms with Crippen LogP contribution in [0.2, 0.25) is 0 Å². The minimum Gasteiger partial charge on any atom is -0.370 e. The lowest BCUT2D eigenvalue weighted by Crippen LogP contribution is -2.42. The molecule has 0 aliphatic carbocycles. The quantitative estimate of drug-likeness (QED) is 0.877. The molecule has 0 aliphatic heterocycles. The van der Waals surface area contributed by atoms with Crippen LogP contribution in [0.3, 0.4) is 0 Å². The molecule has 94 valence electrons. The van der Waals surface area contributed by atoms with Crippen molar-refractivity contribution in [3.05, 3.63) is 34.1 Å². The second-order valence-electron chi connectivity index (χ2n) is 4.66. The summed E-state index contributed by atoms with van der Waals surface area (Å²) in [6.45, 7) is 4.24. The summed E-state index contributed by atoms with van der Waals surface area (Å²) in [7, 11) is 0. The van der Waals surface area contributed by atoms with Crippen molar-refractivity contribution in [2.75, 3.05) is 0 Å². The Bertz CT molecular complexity index is 401. The zero-order valence-electron chi connectivity index (χ0n) is 9.89. The topological polar surface area (TPSA) is 55.1 Å². The number of carbonyl (C=O) groups excluding carboxylic acids is 1. The van der Waals surface area contributed by atoms with E-state index in [-0.39, 0.29) is 18.1 Å². The predicted molar refractivity (Wildman–Crippen MR) is 68.8 cm³/mol. The molecular formula is C12H16BrFN2O. The highest BCUT2D eigenvalue weighted by Crippen LogP contribution is 2.16. The average Bonchev–Trinajstić information content (AvgIpc) is 2.11. The second-order valence-corrected chi connectivity index (χ2v) is 5.57. The Hall–Kier alpha value is -0.940. The van der Waals surface area contributed by atoms with E-state index in [1.165, 1.54) is 12.1 Å². The number of primary amides is 1. The van der Waals surface area contributed by atoms with Crippen molar-refractivity contribution < 1.29 is 9.18 Å². The van der Waals surface area contributed by atoms with Crippen molar-refractivity contribution in [1.82, 2.24) is 5.32 Å². The van der Waals surface area contributed by atoms with Gasteiger partial charge in [0.25, 0.3) is 0 Å². The maximum atomic E-state index is 13.1. The Kier molecular flexibility index (Phi) is 4.65. The first-order valence-corrected chi connectivity index (χ1v) is 6.06. The molecule has 0 unspecified atom stereocenters. The molecule has 0 aromatic heterocycles. The molecule has 1 amide bonds. The highest BCUT2D eigenvalue weighted by molar-refractivity contribution is 9.10. The van der Waals surface area contributed by atoms with Crippen LogP contribution in [-0.2, 0) is 11.3 Å². The van der Waals surface area contributed by atoms with Crippen LogP contribution >= 0.6 is 15.9 Å². The third kappa shape index (κ3) is 5.28. The molecule has 0 heterocycles. The van der Waals surface area contributed by atoms with Gasteiger partial charge in [0.2, 0.25) is 5.91 Å². The number of benzene rings is 1. The zero-order chi connectivity index (χ0) is 13.1. The van der Waals surface area contributed by atoms with E-state index < -0.39 is 5.54 Å². The third-order valence-electron chi connectivity index (χ3n) is 2.31. The molecule has 0 saturated heterocycles. The molecule has 5 heteroatoms. The number of nitrogens with two attached hydrogens (primary N) is 1. The Morgan fingerprint density at radius 1 is 1.47 bits per heavy atom. The fourth-order valence-electron chi connectivity index (χ4n) is 1.55. The molecule has 17 heavy (non-hydrogen) atoms. The molecule has 0 aliphatic rings. The first-order valence-electron chi connectivity index (χ1n) is 5.27. The van der Waals surface area contributed by atoms with E-state index in [4.69, 9.17) is 5.73 Å². The van der Waals surface area contributed by atoms with E-state index in [2.05, 4.69) is 21.2 Å².